The molecule has 2 rings (SSSR count). The standard InChI is InChI=1S/C14H10BrClF3N/c1-20-14(7-3-2-4-10(17)13(7)16)8-5-12(19)9(15)6-11(8)18/h2-6,14,20H,1H3. The lowest BCUT2D eigenvalue weighted by atomic mass is 9.98. The van der Waals surface area contributed by atoms with Crippen molar-refractivity contribution in [1.82, 2.24) is 5.32 Å². The third-order valence-electron chi connectivity index (χ3n) is 2.93. The van der Waals surface area contributed by atoms with Crippen molar-refractivity contribution in [3.05, 3.63) is 68.4 Å². The van der Waals surface area contributed by atoms with Crippen LogP contribution in [-0.4, -0.2) is 7.05 Å². The van der Waals surface area contributed by atoms with Crippen molar-refractivity contribution in [2.45, 2.75) is 6.04 Å². The molecule has 1 atom stereocenters. The lowest BCUT2D eigenvalue weighted by molar-refractivity contribution is 0.552. The molecular formula is C14H10BrClF3N. The second-order valence-electron chi connectivity index (χ2n) is 4.15. The Balaban J connectivity index is 2.58. The Hall–Kier alpha value is -1.04. The zero-order chi connectivity index (χ0) is 14.9. The highest BCUT2D eigenvalue weighted by molar-refractivity contribution is 9.10. The summed E-state index contributed by atoms with van der Waals surface area (Å²) in [7, 11) is 1.56. The van der Waals surface area contributed by atoms with E-state index in [0.717, 1.165) is 12.1 Å². The van der Waals surface area contributed by atoms with Gasteiger partial charge in [0.25, 0.3) is 0 Å². The molecule has 0 spiro atoms. The maximum atomic E-state index is 14.0. The average molecular weight is 365 g/mol. The molecule has 0 aliphatic rings. The minimum atomic E-state index is -0.749. The van der Waals surface area contributed by atoms with Crippen LogP contribution in [0.3, 0.4) is 0 Å². The van der Waals surface area contributed by atoms with Crippen molar-refractivity contribution in [3.63, 3.8) is 0 Å². The summed E-state index contributed by atoms with van der Waals surface area (Å²) in [5.74, 6) is -1.82. The molecule has 0 saturated carbocycles. The number of hydrogen-bond acceptors (Lipinski definition) is 1. The molecule has 20 heavy (non-hydrogen) atoms. The van der Waals surface area contributed by atoms with Crippen molar-refractivity contribution < 1.29 is 13.2 Å². The second kappa shape index (κ2) is 6.16. The molecular weight excluding hydrogens is 355 g/mol. The van der Waals surface area contributed by atoms with Gasteiger partial charge in [-0.25, -0.2) is 13.2 Å². The van der Waals surface area contributed by atoms with E-state index in [1.165, 1.54) is 12.1 Å². The van der Waals surface area contributed by atoms with E-state index in [1.54, 1.807) is 13.1 Å². The molecule has 2 aromatic rings. The SMILES string of the molecule is CNC(c1cc(F)c(Br)cc1F)c1cccc(F)c1Cl. The summed E-state index contributed by atoms with van der Waals surface area (Å²) in [4.78, 5) is 0. The van der Waals surface area contributed by atoms with Crippen molar-refractivity contribution in [3.8, 4) is 0 Å². The first kappa shape index (κ1) is 15.4. The Labute approximate surface area is 127 Å². The summed E-state index contributed by atoms with van der Waals surface area (Å²) in [5, 5.41) is 2.70. The maximum absolute atomic E-state index is 14.0. The van der Waals surface area contributed by atoms with Crippen LogP contribution in [0.2, 0.25) is 5.02 Å². The Kier molecular flexibility index (Phi) is 4.73. The maximum Gasteiger partial charge on any atom is 0.142 e. The van der Waals surface area contributed by atoms with Gasteiger partial charge in [-0.15, -0.1) is 0 Å². The van der Waals surface area contributed by atoms with Crippen LogP contribution >= 0.6 is 27.5 Å². The molecule has 0 fully saturated rings. The first-order chi connectivity index (χ1) is 9.45. The van der Waals surface area contributed by atoms with Crippen molar-refractivity contribution in [1.29, 1.82) is 0 Å². The Morgan fingerprint density at radius 1 is 1.05 bits per heavy atom. The van der Waals surface area contributed by atoms with Crippen LogP contribution in [0.15, 0.2) is 34.8 Å². The monoisotopic (exact) mass is 363 g/mol. The molecule has 0 amide bonds. The fourth-order valence-corrected chi connectivity index (χ4v) is 2.53. The molecule has 0 heterocycles. The Morgan fingerprint density at radius 3 is 2.40 bits per heavy atom. The molecule has 1 nitrogen and oxygen atoms in total. The second-order valence-corrected chi connectivity index (χ2v) is 5.38. The van der Waals surface area contributed by atoms with E-state index in [4.69, 9.17) is 11.6 Å². The molecule has 0 bridgehead atoms. The lowest BCUT2D eigenvalue weighted by Crippen LogP contribution is -2.20. The summed E-state index contributed by atoms with van der Waals surface area (Å²) in [6.45, 7) is 0. The molecule has 0 aliphatic carbocycles. The van der Waals surface area contributed by atoms with E-state index in [-0.39, 0.29) is 15.1 Å². The van der Waals surface area contributed by atoms with Gasteiger partial charge in [0, 0.05) is 5.56 Å². The molecule has 6 heteroatoms. The molecule has 1 unspecified atom stereocenters. The van der Waals surface area contributed by atoms with Crippen LogP contribution in [-0.2, 0) is 0 Å². The topological polar surface area (TPSA) is 12.0 Å². The molecule has 106 valence electrons. The number of halogens is 5. The minimum absolute atomic E-state index is 0.0268. The van der Waals surface area contributed by atoms with Crippen LogP contribution in [0, 0.1) is 17.5 Å². The largest absolute Gasteiger partial charge is 0.309 e. The van der Waals surface area contributed by atoms with Gasteiger partial charge in [0.2, 0.25) is 0 Å². The first-order valence-electron chi connectivity index (χ1n) is 5.71. The van der Waals surface area contributed by atoms with Gasteiger partial charge in [-0.1, -0.05) is 23.7 Å². The van der Waals surface area contributed by atoms with Gasteiger partial charge in [0.15, 0.2) is 0 Å². The quantitative estimate of drug-likeness (QED) is 0.769. The molecule has 0 aromatic heterocycles. The third kappa shape index (κ3) is 2.85. The lowest BCUT2D eigenvalue weighted by Gasteiger charge is -2.19. The Morgan fingerprint density at radius 2 is 1.75 bits per heavy atom. The van der Waals surface area contributed by atoms with Gasteiger partial charge in [0.05, 0.1) is 15.5 Å². The fourth-order valence-electron chi connectivity index (χ4n) is 1.98. The smallest absolute Gasteiger partial charge is 0.142 e. The van der Waals surface area contributed by atoms with E-state index in [0.29, 0.717) is 5.56 Å². The van der Waals surface area contributed by atoms with Gasteiger partial charge < -0.3 is 5.32 Å². The van der Waals surface area contributed by atoms with Gasteiger partial charge >= 0.3 is 0 Å². The fraction of sp³-hybridized carbons (Fsp3) is 0.143. The van der Waals surface area contributed by atoms with Crippen LogP contribution in [0.1, 0.15) is 17.2 Å². The van der Waals surface area contributed by atoms with Gasteiger partial charge in [-0.3, -0.25) is 0 Å². The van der Waals surface area contributed by atoms with E-state index in [9.17, 15) is 13.2 Å². The third-order valence-corrected chi connectivity index (χ3v) is 3.94. The minimum Gasteiger partial charge on any atom is -0.309 e. The normalized spacial score (nSPS) is 12.5. The summed E-state index contributed by atoms with van der Waals surface area (Å²) in [5.41, 5.74) is 0.399. The zero-order valence-electron chi connectivity index (χ0n) is 10.4. The van der Waals surface area contributed by atoms with Crippen LogP contribution < -0.4 is 5.32 Å². The Bertz CT molecular complexity index is 649. The summed E-state index contributed by atoms with van der Waals surface area (Å²) in [6, 6.07) is 5.57. The van der Waals surface area contributed by atoms with Gasteiger partial charge in [-0.2, -0.15) is 0 Å². The van der Waals surface area contributed by atoms with Crippen molar-refractivity contribution >= 4 is 27.5 Å². The number of hydrogen-bond donors (Lipinski definition) is 1. The average Bonchev–Trinajstić information content (AvgIpc) is 2.41. The number of rotatable bonds is 3. The predicted molar refractivity (Wildman–Crippen MR) is 76.4 cm³/mol. The van der Waals surface area contributed by atoms with Crippen molar-refractivity contribution in [2.24, 2.45) is 0 Å². The van der Waals surface area contributed by atoms with Gasteiger partial charge in [-0.05, 0) is 46.7 Å². The summed E-state index contributed by atoms with van der Waals surface area (Å²) in [6.07, 6.45) is 0. The zero-order valence-corrected chi connectivity index (χ0v) is 12.7. The highest BCUT2D eigenvalue weighted by Crippen LogP contribution is 2.32. The van der Waals surface area contributed by atoms with Crippen molar-refractivity contribution in [2.75, 3.05) is 7.05 Å². The first-order valence-corrected chi connectivity index (χ1v) is 6.88. The molecule has 2 aromatic carbocycles. The molecule has 0 aliphatic heterocycles. The van der Waals surface area contributed by atoms with E-state index < -0.39 is 23.5 Å². The van der Waals surface area contributed by atoms with E-state index >= 15 is 0 Å². The summed E-state index contributed by atoms with van der Waals surface area (Å²) >= 11 is 8.81. The van der Waals surface area contributed by atoms with Crippen LogP contribution in [0.5, 0.6) is 0 Å². The van der Waals surface area contributed by atoms with E-state index in [1.807, 2.05) is 0 Å². The van der Waals surface area contributed by atoms with Gasteiger partial charge in [0.1, 0.15) is 17.5 Å². The summed E-state index contributed by atoms with van der Waals surface area (Å²) < 4.78 is 41.1. The predicted octanol–water partition coefficient (Wildman–Crippen LogP) is 4.83. The van der Waals surface area contributed by atoms with Crippen LogP contribution in [0.4, 0.5) is 13.2 Å². The van der Waals surface area contributed by atoms with E-state index in [2.05, 4.69) is 21.2 Å². The molecule has 0 saturated heterocycles. The molecule has 1 N–H and O–H groups in total. The number of benzene rings is 2. The highest BCUT2D eigenvalue weighted by atomic mass is 79.9. The number of nitrogens with one attached hydrogen (secondary N) is 1. The molecule has 0 radical (unpaired) electrons. The highest BCUT2D eigenvalue weighted by Gasteiger charge is 2.22. The van der Waals surface area contributed by atoms with Crippen LogP contribution in [0.25, 0.3) is 0 Å².